The predicted molar refractivity (Wildman–Crippen MR) is 210 cm³/mol. The van der Waals surface area contributed by atoms with Crippen molar-refractivity contribution in [2.75, 3.05) is 67.1 Å². The van der Waals surface area contributed by atoms with Gasteiger partial charge in [-0.25, -0.2) is 8.78 Å². The van der Waals surface area contributed by atoms with E-state index in [0.29, 0.717) is 54.6 Å². The molecule has 0 aliphatic carbocycles. The number of amides is 2. The number of aromatic nitrogens is 4. The fourth-order valence-electron chi connectivity index (χ4n) is 8.69. The van der Waals surface area contributed by atoms with Crippen LogP contribution < -0.4 is 25.6 Å². The average molecular weight is 780 g/mol. The minimum atomic E-state index is -1.02. The highest BCUT2D eigenvalue weighted by Gasteiger charge is 2.39. The van der Waals surface area contributed by atoms with Gasteiger partial charge in [-0.3, -0.25) is 29.2 Å². The van der Waals surface area contributed by atoms with Crippen LogP contribution in [0.25, 0.3) is 16.6 Å². The van der Waals surface area contributed by atoms with Gasteiger partial charge in [0.15, 0.2) is 5.82 Å². The topological polar surface area (TPSA) is 120 Å². The first-order valence-electron chi connectivity index (χ1n) is 19.0. The summed E-state index contributed by atoms with van der Waals surface area (Å²) in [7, 11) is 0. The third-order valence-corrected chi connectivity index (χ3v) is 12.1. The summed E-state index contributed by atoms with van der Waals surface area (Å²) in [5, 5.41) is 12.1. The van der Waals surface area contributed by atoms with Crippen molar-refractivity contribution in [1.82, 2.24) is 30.0 Å². The Hall–Kier alpha value is -5.47. The number of nitrogens with one attached hydrogen (secondary N) is 1. The van der Waals surface area contributed by atoms with Gasteiger partial charge in [0, 0.05) is 82.3 Å². The van der Waals surface area contributed by atoms with Gasteiger partial charge in [0.1, 0.15) is 17.5 Å². The van der Waals surface area contributed by atoms with Gasteiger partial charge >= 0.3 is 0 Å². The lowest BCUT2D eigenvalue weighted by Gasteiger charge is -2.37. The van der Waals surface area contributed by atoms with E-state index in [1.807, 2.05) is 29.2 Å². The van der Waals surface area contributed by atoms with E-state index in [2.05, 4.69) is 71.8 Å². The quantitative estimate of drug-likeness (QED) is 0.238. The van der Waals surface area contributed by atoms with Gasteiger partial charge in [0.25, 0.3) is 5.56 Å². The van der Waals surface area contributed by atoms with Gasteiger partial charge in [0.2, 0.25) is 11.8 Å². The van der Waals surface area contributed by atoms with Crippen molar-refractivity contribution >= 4 is 51.5 Å². The lowest BCUT2D eigenvalue weighted by Crippen LogP contribution is -2.47. The molecule has 4 aliphatic heterocycles. The van der Waals surface area contributed by atoms with Crippen LogP contribution in [0.4, 0.5) is 26.0 Å². The van der Waals surface area contributed by atoms with Crippen molar-refractivity contribution in [2.45, 2.75) is 44.6 Å². The van der Waals surface area contributed by atoms with Crippen molar-refractivity contribution in [3.05, 3.63) is 110 Å². The second kappa shape index (κ2) is 13.9. The molecule has 3 aromatic carbocycles. The maximum Gasteiger partial charge on any atom is 0.282 e. The number of benzene rings is 3. The van der Waals surface area contributed by atoms with E-state index in [9.17, 15) is 14.4 Å². The van der Waals surface area contributed by atoms with E-state index >= 15 is 8.78 Å². The number of anilines is 3. The van der Waals surface area contributed by atoms with E-state index < -0.39 is 34.8 Å². The number of halogens is 3. The van der Waals surface area contributed by atoms with Gasteiger partial charge in [-0.15, -0.1) is 5.10 Å². The number of hydrogen-bond acceptors (Lipinski definition) is 10. The van der Waals surface area contributed by atoms with Gasteiger partial charge in [0.05, 0.1) is 38.6 Å². The largest absolute Gasteiger partial charge is 0.369 e. The second-order valence-electron chi connectivity index (χ2n) is 15.5. The lowest BCUT2D eigenvalue weighted by atomic mass is 9.85. The predicted octanol–water partition coefficient (Wildman–Crippen LogP) is 4.92. The second-order valence-corrected chi connectivity index (χ2v) is 15.9. The Labute approximate surface area is 326 Å². The first-order chi connectivity index (χ1) is 27.0. The van der Waals surface area contributed by atoms with E-state index in [0.717, 1.165) is 60.1 Å². The summed E-state index contributed by atoms with van der Waals surface area (Å²) in [6.45, 7) is 10.5. The standard InChI is InChI=1S/C41H40ClF2N9O3/c1-41(2)28-9-7-25(22-33(28)53-32-5-3-4-29(42)37(32)39(56)46-40(41)53)50-14-12-49(13-15-50)23-24-6-10-34(48-47-24)52-18-16-51(17-19-52)26-20-30(43)36(31(44)21-26)27-8-11-35(54)45-38(27)55/h3-7,9-10,20-22,27H,8,11-19,23H2,1-2H3,(H,45,54,55). The number of imide groups is 1. The summed E-state index contributed by atoms with van der Waals surface area (Å²) >= 11 is 6.48. The number of piperazine rings is 2. The lowest BCUT2D eigenvalue weighted by molar-refractivity contribution is -0.134. The maximum atomic E-state index is 15.2. The third-order valence-electron chi connectivity index (χ3n) is 11.8. The molecule has 0 radical (unpaired) electrons. The Morgan fingerprint density at radius 3 is 2.21 bits per heavy atom. The third kappa shape index (κ3) is 6.24. The Kier molecular flexibility index (Phi) is 9.00. The Morgan fingerprint density at radius 1 is 0.821 bits per heavy atom. The molecule has 1 N–H and O–H groups in total. The molecule has 9 rings (SSSR count). The molecular weight excluding hydrogens is 740 g/mol. The van der Waals surface area contributed by atoms with Crippen molar-refractivity contribution in [3.8, 4) is 5.69 Å². The van der Waals surface area contributed by atoms with Gasteiger partial charge in [-0.05, 0) is 74.4 Å². The molecule has 0 saturated carbocycles. The summed E-state index contributed by atoms with van der Waals surface area (Å²) in [6.07, 6.45) is 0.128. The molecule has 1 unspecified atom stereocenters. The maximum absolute atomic E-state index is 15.2. The minimum absolute atomic E-state index is 0.0475. The van der Waals surface area contributed by atoms with Crippen LogP contribution in [0.15, 0.2) is 65.5 Å². The average Bonchev–Trinajstić information content (AvgIpc) is 3.41. The van der Waals surface area contributed by atoms with Crippen molar-refractivity contribution in [3.63, 3.8) is 0 Å². The molecule has 3 saturated heterocycles. The number of piperidine rings is 1. The van der Waals surface area contributed by atoms with E-state index in [-0.39, 0.29) is 24.0 Å². The molecular formula is C41H40ClF2N9O3. The van der Waals surface area contributed by atoms with Crippen LogP contribution in [0.2, 0.25) is 5.02 Å². The van der Waals surface area contributed by atoms with Crippen LogP contribution in [0.5, 0.6) is 0 Å². The SMILES string of the molecule is CC1(C)c2ccc(N3CCN(Cc4ccc(N5CCN(c6cc(F)c(C7CCC(=O)NC7=O)c(F)c6)CC5)nn4)CC3)cc2-n2c1nc(=O)c1c(Cl)cccc12. The van der Waals surface area contributed by atoms with Crippen molar-refractivity contribution in [1.29, 1.82) is 0 Å². The molecule has 2 aromatic heterocycles. The van der Waals surface area contributed by atoms with Crippen LogP contribution in [-0.2, 0) is 21.5 Å². The smallest absolute Gasteiger partial charge is 0.282 e. The minimum Gasteiger partial charge on any atom is -0.369 e. The molecule has 3 fully saturated rings. The number of carbonyl (C=O) groups is 2. The fourth-order valence-corrected chi connectivity index (χ4v) is 8.94. The van der Waals surface area contributed by atoms with E-state index in [4.69, 9.17) is 11.6 Å². The molecule has 4 aliphatic rings. The Morgan fingerprint density at radius 2 is 1.52 bits per heavy atom. The van der Waals surface area contributed by atoms with Crippen LogP contribution in [0, 0.1) is 11.6 Å². The number of nitrogens with zero attached hydrogens (tertiary/aromatic N) is 8. The van der Waals surface area contributed by atoms with Crippen LogP contribution in [-0.4, -0.2) is 88.8 Å². The van der Waals surface area contributed by atoms with Gasteiger partial charge in [-0.2, -0.15) is 10.1 Å². The normalized spacial score (nSPS) is 19.7. The van der Waals surface area contributed by atoms with Crippen molar-refractivity contribution in [2.24, 2.45) is 0 Å². The molecule has 288 valence electrons. The first-order valence-corrected chi connectivity index (χ1v) is 19.3. The molecule has 0 bridgehead atoms. The van der Waals surface area contributed by atoms with Crippen LogP contribution in [0.1, 0.15) is 55.3 Å². The van der Waals surface area contributed by atoms with Crippen LogP contribution >= 0.6 is 11.6 Å². The van der Waals surface area contributed by atoms with E-state index in [1.165, 1.54) is 12.1 Å². The monoisotopic (exact) mass is 779 g/mol. The fraction of sp³-hybridized carbons (Fsp3) is 0.366. The van der Waals surface area contributed by atoms with Gasteiger partial charge in [-0.1, -0.05) is 23.7 Å². The Bertz CT molecular complexity index is 2440. The van der Waals surface area contributed by atoms with E-state index in [1.54, 1.807) is 6.07 Å². The first kappa shape index (κ1) is 36.2. The zero-order valence-electron chi connectivity index (χ0n) is 31.1. The molecule has 6 heterocycles. The molecule has 0 spiro atoms. The molecule has 56 heavy (non-hydrogen) atoms. The van der Waals surface area contributed by atoms with Crippen LogP contribution in [0.3, 0.4) is 0 Å². The zero-order chi connectivity index (χ0) is 38.9. The van der Waals surface area contributed by atoms with Crippen molar-refractivity contribution < 1.29 is 18.4 Å². The molecule has 15 heteroatoms. The molecule has 12 nitrogen and oxygen atoms in total. The zero-order valence-corrected chi connectivity index (χ0v) is 31.8. The summed E-state index contributed by atoms with van der Waals surface area (Å²) in [4.78, 5) is 50.1. The summed E-state index contributed by atoms with van der Waals surface area (Å²) < 4.78 is 32.4. The molecule has 2 amide bonds. The Balaban J connectivity index is 0.810. The summed E-state index contributed by atoms with van der Waals surface area (Å²) in [6, 6.07) is 18.6. The number of rotatable bonds is 6. The molecule has 5 aromatic rings. The number of fused-ring (bicyclic) bond motifs is 5. The summed E-state index contributed by atoms with van der Waals surface area (Å²) in [5.41, 5.74) is 4.27. The highest BCUT2D eigenvalue weighted by Crippen LogP contribution is 2.44. The highest BCUT2D eigenvalue weighted by atomic mass is 35.5. The highest BCUT2D eigenvalue weighted by molar-refractivity contribution is 6.35. The summed E-state index contributed by atoms with van der Waals surface area (Å²) in [5.74, 6) is -2.22. The number of hydrogen-bond donors (Lipinski definition) is 1. The molecule has 1 atom stereocenters. The number of carbonyl (C=O) groups excluding carboxylic acids is 2. The van der Waals surface area contributed by atoms with Gasteiger partial charge < -0.3 is 14.7 Å².